The molecule has 160 valence electrons. The molecule has 0 radical (unpaired) electrons. The second-order valence-corrected chi connectivity index (χ2v) is 11.3. The number of carbonyl (C=O) groups excluding carboxylic acids is 2. The van der Waals surface area contributed by atoms with E-state index in [0.717, 1.165) is 45.2 Å². The summed E-state index contributed by atoms with van der Waals surface area (Å²) < 4.78 is 12.8. The zero-order valence-electron chi connectivity index (χ0n) is 17.9. The summed E-state index contributed by atoms with van der Waals surface area (Å²) in [5.74, 6) is 0.652. The molecule has 6 fully saturated rings. The highest BCUT2D eigenvalue weighted by molar-refractivity contribution is 5.78. The Labute approximate surface area is 172 Å². The van der Waals surface area contributed by atoms with E-state index in [1.54, 1.807) is 0 Å². The quantitative estimate of drug-likeness (QED) is 0.560. The van der Waals surface area contributed by atoms with Gasteiger partial charge in [0.2, 0.25) is 5.72 Å². The Hall–Kier alpha value is -0.980. The van der Waals surface area contributed by atoms with Crippen LogP contribution in [0.15, 0.2) is 0 Å². The highest BCUT2D eigenvalue weighted by Crippen LogP contribution is 2.84. The first-order valence-corrected chi connectivity index (χ1v) is 11.5. The lowest BCUT2D eigenvalue weighted by atomic mass is 9.48. The number of hydrogen-bond donors (Lipinski definition) is 1. The first kappa shape index (κ1) is 18.8. The van der Waals surface area contributed by atoms with Gasteiger partial charge in [0.05, 0.1) is 56.7 Å². The number of esters is 1. The van der Waals surface area contributed by atoms with Crippen LogP contribution in [0, 0.1) is 34.5 Å². The number of quaternary nitrogens is 1. The van der Waals surface area contributed by atoms with Crippen LogP contribution >= 0.6 is 0 Å². The van der Waals surface area contributed by atoms with Gasteiger partial charge in [0.25, 0.3) is 0 Å². The van der Waals surface area contributed by atoms with Crippen LogP contribution < -0.4 is 0 Å². The second kappa shape index (κ2) is 5.25. The molecule has 6 aliphatic rings. The van der Waals surface area contributed by atoms with Crippen LogP contribution in [0.4, 0.5) is 0 Å². The molecular weight excluding hydrogens is 370 g/mol. The molecule has 6 rings (SSSR count). The summed E-state index contributed by atoms with van der Waals surface area (Å²) in [4.78, 5) is 25.2. The predicted molar refractivity (Wildman–Crippen MR) is 103 cm³/mol. The van der Waals surface area contributed by atoms with Crippen LogP contribution in [0.25, 0.3) is 0 Å². The lowest BCUT2D eigenvalue weighted by Gasteiger charge is -2.64. The van der Waals surface area contributed by atoms with Crippen molar-refractivity contribution in [1.82, 2.24) is 0 Å². The maximum atomic E-state index is 12.8. The van der Waals surface area contributed by atoms with Gasteiger partial charge in [-0.1, -0.05) is 6.92 Å². The average molecular weight is 405 g/mol. The Bertz CT molecular complexity index is 815. The van der Waals surface area contributed by atoms with Gasteiger partial charge in [-0.05, 0) is 25.7 Å². The number of piperidine rings is 2. The van der Waals surface area contributed by atoms with E-state index >= 15 is 0 Å². The second-order valence-electron chi connectivity index (χ2n) is 11.3. The molecule has 0 aromatic carbocycles. The fourth-order valence-electron chi connectivity index (χ4n) is 10.1. The minimum absolute atomic E-state index is 0.0876. The Balaban J connectivity index is 1.55. The normalized spacial score (nSPS) is 57.9. The molecule has 6 heteroatoms. The zero-order valence-corrected chi connectivity index (χ0v) is 17.9. The molecule has 29 heavy (non-hydrogen) atoms. The number of fused-ring (bicyclic) bond motifs is 3. The van der Waals surface area contributed by atoms with Crippen LogP contribution in [0.2, 0.25) is 0 Å². The maximum absolute atomic E-state index is 12.8. The standard InChI is InChI=1S/C23H34NO5/c1-4-15(25)7-8-20-13-29-23-17-5-6-18(23)22(27)9-14(20)11-24(22,2)12-21(20,23)10-16(17)19(26)28-3/h14,16-18,27H,4-13H2,1-3H3/q+1/t14-,16-,17+,18+,20-,21+,22?,23-,24?/m1/s1. The van der Waals surface area contributed by atoms with Crippen molar-refractivity contribution in [2.45, 2.75) is 63.2 Å². The Morgan fingerprint density at radius 3 is 2.79 bits per heavy atom. The van der Waals surface area contributed by atoms with Crippen LogP contribution in [0.3, 0.4) is 0 Å². The number of rotatable bonds is 5. The minimum Gasteiger partial charge on any atom is -0.469 e. The average Bonchev–Trinajstić information content (AvgIpc) is 3.34. The molecule has 3 bridgehead atoms. The van der Waals surface area contributed by atoms with Crippen molar-refractivity contribution >= 4 is 11.8 Å². The van der Waals surface area contributed by atoms with E-state index in [4.69, 9.17) is 9.47 Å². The minimum atomic E-state index is -0.759. The molecule has 0 aromatic heterocycles. The van der Waals surface area contributed by atoms with Crippen molar-refractivity contribution in [3.63, 3.8) is 0 Å². The van der Waals surface area contributed by atoms with Gasteiger partial charge in [-0.25, -0.2) is 0 Å². The third-order valence-electron chi connectivity index (χ3n) is 11.0. The molecule has 4 aliphatic heterocycles. The molecule has 0 aromatic rings. The van der Waals surface area contributed by atoms with Gasteiger partial charge >= 0.3 is 5.97 Å². The highest BCUT2D eigenvalue weighted by Gasteiger charge is 2.93. The molecule has 4 saturated heterocycles. The van der Waals surface area contributed by atoms with Crippen molar-refractivity contribution in [2.24, 2.45) is 34.5 Å². The first-order chi connectivity index (χ1) is 13.7. The number of aliphatic hydroxyl groups is 1. The first-order valence-electron chi connectivity index (χ1n) is 11.5. The summed E-state index contributed by atoms with van der Waals surface area (Å²) in [7, 11) is 3.73. The largest absolute Gasteiger partial charge is 0.469 e. The molecule has 2 unspecified atom stereocenters. The van der Waals surface area contributed by atoms with Gasteiger partial charge in [-0.2, -0.15) is 0 Å². The van der Waals surface area contributed by atoms with E-state index in [1.807, 2.05) is 6.92 Å². The van der Waals surface area contributed by atoms with Gasteiger partial charge in [0, 0.05) is 36.5 Å². The van der Waals surface area contributed by atoms with E-state index in [0.29, 0.717) is 35.6 Å². The SMILES string of the molecule is CCC(=O)CC[C@@]12CO[C@]34[C@H]5CC[C@H]3C3(O)C[C@@H]1C[N+]3(C)C[C@@]24C[C@H]5C(=O)OC. The molecule has 0 amide bonds. The fraction of sp³-hybridized carbons (Fsp3) is 0.913. The number of hydrogen-bond acceptors (Lipinski definition) is 5. The van der Waals surface area contributed by atoms with Gasteiger partial charge < -0.3 is 14.6 Å². The smallest absolute Gasteiger partial charge is 0.309 e. The maximum Gasteiger partial charge on any atom is 0.309 e. The summed E-state index contributed by atoms with van der Waals surface area (Å²) in [6.45, 7) is 4.49. The number of methoxy groups -OCH3 is 1. The van der Waals surface area contributed by atoms with Crippen molar-refractivity contribution in [3.05, 3.63) is 0 Å². The monoisotopic (exact) mass is 404 g/mol. The van der Waals surface area contributed by atoms with Crippen molar-refractivity contribution < 1.29 is 28.7 Å². The summed E-state index contributed by atoms with van der Waals surface area (Å²) in [5, 5.41) is 12.1. The van der Waals surface area contributed by atoms with Crippen molar-refractivity contribution in [1.29, 1.82) is 0 Å². The summed E-state index contributed by atoms with van der Waals surface area (Å²) in [6, 6.07) is 0. The Morgan fingerprint density at radius 1 is 1.28 bits per heavy atom. The molecule has 4 heterocycles. The van der Waals surface area contributed by atoms with Gasteiger partial charge in [-0.15, -0.1) is 0 Å². The number of ether oxygens (including phenoxy) is 2. The molecular formula is C23H34NO5+. The molecule has 2 aliphatic carbocycles. The van der Waals surface area contributed by atoms with Crippen LogP contribution in [0.5, 0.6) is 0 Å². The van der Waals surface area contributed by atoms with E-state index < -0.39 is 11.3 Å². The summed E-state index contributed by atoms with van der Waals surface area (Å²) in [5.41, 5.74) is -1.40. The zero-order chi connectivity index (χ0) is 20.4. The number of Topliss-reactive ketones (excluding diaryl/α,β-unsaturated/α-hetero) is 1. The predicted octanol–water partition coefficient (Wildman–Crippen LogP) is 1.89. The number of ketones is 1. The summed E-state index contributed by atoms with van der Waals surface area (Å²) in [6.07, 6.45) is 5.51. The van der Waals surface area contributed by atoms with E-state index in [9.17, 15) is 14.7 Å². The Morgan fingerprint density at radius 2 is 2.07 bits per heavy atom. The van der Waals surface area contributed by atoms with E-state index in [1.165, 1.54) is 7.11 Å². The van der Waals surface area contributed by atoms with Crippen molar-refractivity contribution in [2.75, 3.05) is 33.9 Å². The highest BCUT2D eigenvalue weighted by atomic mass is 16.5. The number of nitrogens with zero attached hydrogens (tertiary/aromatic N) is 1. The van der Waals surface area contributed by atoms with Crippen LogP contribution in [-0.4, -0.2) is 66.5 Å². The van der Waals surface area contributed by atoms with Gasteiger partial charge in [-0.3, -0.25) is 14.1 Å². The fourth-order valence-corrected chi connectivity index (χ4v) is 10.1. The lowest BCUT2D eigenvalue weighted by Crippen LogP contribution is -2.78. The van der Waals surface area contributed by atoms with Crippen LogP contribution in [0.1, 0.15) is 51.9 Å². The van der Waals surface area contributed by atoms with E-state index in [-0.39, 0.29) is 34.6 Å². The number of carbonyl (C=O) groups is 2. The summed E-state index contributed by atoms with van der Waals surface area (Å²) >= 11 is 0. The van der Waals surface area contributed by atoms with Gasteiger partial charge in [0.15, 0.2) is 0 Å². The molecule has 9 atom stereocenters. The molecule has 2 saturated carbocycles. The van der Waals surface area contributed by atoms with Crippen LogP contribution in [-0.2, 0) is 19.1 Å². The van der Waals surface area contributed by atoms with Gasteiger partial charge in [0.1, 0.15) is 5.78 Å². The lowest BCUT2D eigenvalue weighted by molar-refractivity contribution is -0.995. The third kappa shape index (κ3) is 1.66. The molecule has 2 spiro atoms. The topological polar surface area (TPSA) is 72.8 Å². The Kier molecular flexibility index (Phi) is 3.40. The molecule has 1 N–H and O–H groups in total. The van der Waals surface area contributed by atoms with E-state index in [2.05, 4.69) is 7.05 Å². The molecule has 6 nitrogen and oxygen atoms in total. The third-order valence-corrected chi connectivity index (χ3v) is 11.0. The van der Waals surface area contributed by atoms with Crippen molar-refractivity contribution in [3.8, 4) is 0 Å².